The van der Waals surface area contributed by atoms with Crippen LogP contribution in [0, 0.1) is 0 Å². The molecule has 1 aliphatic rings. The normalized spacial score (nSPS) is 17.2. The zero-order valence-electron chi connectivity index (χ0n) is 14.7. The standard InChI is InChI=1S/C18H26N4O2.ClH/c1-2-11-21-15-7-3-4-8-16(15)22(18(21)24)12-9-17(23)20-14-6-5-10-19-13-14;/h3-4,7-8,14,19H,2,5-6,9-13H2,1H3,(H,20,23);1H/t14-;/m0./s1. The van der Waals surface area contributed by atoms with Gasteiger partial charge in [0.15, 0.2) is 0 Å². The Labute approximate surface area is 154 Å². The third-order valence-electron chi connectivity index (χ3n) is 4.60. The van der Waals surface area contributed by atoms with Crippen molar-refractivity contribution in [3.8, 4) is 0 Å². The number of halogens is 1. The van der Waals surface area contributed by atoms with Gasteiger partial charge in [0.25, 0.3) is 0 Å². The van der Waals surface area contributed by atoms with Crippen LogP contribution in [-0.2, 0) is 17.9 Å². The summed E-state index contributed by atoms with van der Waals surface area (Å²) in [5.41, 5.74) is 1.83. The maximum atomic E-state index is 12.7. The van der Waals surface area contributed by atoms with Crippen LogP contribution in [0.5, 0.6) is 0 Å². The molecule has 0 unspecified atom stereocenters. The topological polar surface area (TPSA) is 68.1 Å². The number of nitrogens with one attached hydrogen (secondary N) is 2. The van der Waals surface area contributed by atoms with E-state index < -0.39 is 0 Å². The van der Waals surface area contributed by atoms with Crippen molar-refractivity contribution in [1.82, 2.24) is 19.8 Å². The van der Waals surface area contributed by atoms with E-state index in [-0.39, 0.29) is 30.0 Å². The van der Waals surface area contributed by atoms with Gasteiger partial charge < -0.3 is 10.6 Å². The second-order valence-corrected chi connectivity index (χ2v) is 6.44. The molecule has 7 heteroatoms. The number of hydrogen-bond donors (Lipinski definition) is 2. The molecule has 1 aromatic carbocycles. The number of carbonyl (C=O) groups is 1. The summed E-state index contributed by atoms with van der Waals surface area (Å²) in [5.74, 6) is 0.0166. The van der Waals surface area contributed by atoms with Gasteiger partial charge in [-0.15, -0.1) is 12.4 Å². The summed E-state index contributed by atoms with van der Waals surface area (Å²) in [6, 6.07) is 8.01. The number of rotatable bonds is 6. The van der Waals surface area contributed by atoms with E-state index in [0.717, 1.165) is 43.4 Å². The average molecular weight is 367 g/mol. The highest BCUT2D eigenvalue weighted by Gasteiger charge is 2.17. The Kier molecular flexibility index (Phi) is 7.08. The fourth-order valence-electron chi connectivity index (χ4n) is 3.42. The quantitative estimate of drug-likeness (QED) is 0.820. The summed E-state index contributed by atoms with van der Waals surface area (Å²) in [4.78, 5) is 24.9. The lowest BCUT2D eigenvalue weighted by Gasteiger charge is -2.23. The van der Waals surface area contributed by atoms with Crippen LogP contribution in [-0.4, -0.2) is 34.2 Å². The van der Waals surface area contributed by atoms with Crippen molar-refractivity contribution >= 4 is 29.3 Å². The molecule has 2 aromatic rings. The van der Waals surface area contributed by atoms with Crippen LogP contribution in [0.15, 0.2) is 29.1 Å². The third-order valence-corrected chi connectivity index (χ3v) is 4.60. The molecule has 0 aliphatic carbocycles. The van der Waals surface area contributed by atoms with E-state index in [2.05, 4.69) is 17.6 Å². The first-order valence-corrected chi connectivity index (χ1v) is 8.89. The third kappa shape index (κ3) is 4.44. The van der Waals surface area contributed by atoms with Gasteiger partial charge in [-0.05, 0) is 37.9 Å². The van der Waals surface area contributed by atoms with Gasteiger partial charge in [0.2, 0.25) is 5.91 Å². The second kappa shape index (κ2) is 9.06. The maximum absolute atomic E-state index is 12.7. The van der Waals surface area contributed by atoms with E-state index >= 15 is 0 Å². The monoisotopic (exact) mass is 366 g/mol. The fourth-order valence-corrected chi connectivity index (χ4v) is 3.42. The molecule has 1 atom stereocenters. The van der Waals surface area contributed by atoms with E-state index in [9.17, 15) is 9.59 Å². The number of aryl methyl sites for hydroxylation is 2. The van der Waals surface area contributed by atoms with Crippen LogP contribution in [0.4, 0.5) is 0 Å². The number of piperidine rings is 1. The Balaban J connectivity index is 0.00000225. The van der Waals surface area contributed by atoms with Gasteiger partial charge in [-0.3, -0.25) is 13.9 Å². The lowest BCUT2D eigenvalue weighted by Crippen LogP contribution is -2.45. The Hall–Kier alpha value is -1.79. The van der Waals surface area contributed by atoms with Crippen molar-refractivity contribution in [2.24, 2.45) is 0 Å². The van der Waals surface area contributed by atoms with E-state index in [1.807, 2.05) is 24.3 Å². The molecule has 1 saturated heterocycles. The van der Waals surface area contributed by atoms with Crippen LogP contribution in [0.3, 0.4) is 0 Å². The van der Waals surface area contributed by atoms with Crippen molar-refractivity contribution in [3.63, 3.8) is 0 Å². The molecule has 1 fully saturated rings. The highest BCUT2D eigenvalue weighted by molar-refractivity contribution is 5.85. The molecule has 0 spiro atoms. The largest absolute Gasteiger partial charge is 0.352 e. The van der Waals surface area contributed by atoms with E-state index in [4.69, 9.17) is 0 Å². The molecule has 3 rings (SSSR count). The highest BCUT2D eigenvalue weighted by Crippen LogP contribution is 2.13. The van der Waals surface area contributed by atoms with E-state index in [1.54, 1.807) is 9.13 Å². The van der Waals surface area contributed by atoms with Crippen LogP contribution in [0.2, 0.25) is 0 Å². The highest BCUT2D eigenvalue weighted by atomic mass is 35.5. The maximum Gasteiger partial charge on any atom is 0.329 e. The number of carbonyl (C=O) groups excluding carboxylic acids is 1. The van der Waals surface area contributed by atoms with Gasteiger partial charge in [0, 0.05) is 32.1 Å². The van der Waals surface area contributed by atoms with Gasteiger partial charge in [0.05, 0.1) is 11.0 Å². The number of imidazole rings is 1. The predicted molar refractivity (Wildman–Crippen MR) is 102 cm³/mol. The second-order valence-electron chi connectivity index (χ2n) is 6.44. The van der Waals surface area contributed by atoms with Gasteiger partial charge in [-0.1, -0.05) is 19.1 Å². The van der Waals surface area contributed by atoms with Crippen molar-refractivity contribution in [1.29, 1.82) is 0 Å². The number of amides is 1. The summed E-state index contributed by atoms with van der Waals surface area (Å²) >= 11 is 0. The summed E-state index contributed by atoms with van der Waals surface area (Å²) in [6.07, 6.45) is 3.35. The molecule has 25 heavy (non-hydrogen) atoms. The molecule has 6 nitrogen and oxygen atoms in total. The molecular formula is C18H27ClN4O2. The van der Waals surface area contributed by atoms with Crippen LogP contribution >= 0.6 is 12.4 Å². The number of fused-ring (bicyclic) bond motifs is 1. The zero-order valence-corrected chi connectivity index (χ0v) is 15.5. The minimum atomic E-state index is -0.0230. The number of para-hydroxylation sites is 2. The lowest BCUT2D eigenvalue weighted by atomic mass is 10.1. The van der Waals surface area contributed by atoms with E-state index in [0.29, 0.717) is 19.5 Å². The molecule has 0 bridgehead atoms. The summed E-state index contributed by atoms with van der Waals surface area (Å²) < 4.78 is 3.53. The average Bonchev–Trinajstić information content (AvgIpc) is 2.86. The summed E-state index contributed by atoms with van der Waals surface area (Å²) in [7, 11) is 0. The summed E-state index contributed by atoms with van der Waals surface area (Å²) in [5, 5.41) is 6.36. The lowest BCUT2D eigenvalue weighted by molar-refractivity contribution is -0.122. The Morgan fingerprint density at radius 2 is 1.92 bits per heavy atom. The van der Waals surface area contributed by atoms with Crippen molar-refractivity contribution in [3.05, 3.63) is 34.7 Å². The number of nitrogens with zero attached hydrogens (tertiary/aromatic N) is 2. The first kappa shape index (κ1) is 19.5. The van der Waals surface area contributed by atoms with Crippen molar-refractivity contribution in [2.75, 3.05) is 13.1 Å². The number of benzene rings is 1. The molecule has 0 saturated carbocycles. The predicted octanol–water partition coefficient (Wildman–Crippen LogP) is 1.89. The molecule has 1 aromatic heterocycles. The first-order chi connectivity index (χ1) is 11.7. The Bertz CT molecular complexity index is 762. The van der Waals surface area contributed by atoms with Crippen LogP contribution < -0.4 is 16.3 Å². The molecule has 1 aliphatic heterocycles. The zero-order chi connectivity index (χ0) is 16.9. The molecule has 2 heterocycles. The summed E-state index contributed by atoms with van der Waals surface area (Å²) in [6.45, 7) is 5.04. The van der Waals surface area contributed by atoms with Crippen molar-refractivity contribution in [2.45, 2.75) is 51.7 Å². The molecular weight excluding hydrogens is 340 g/mol. The molecule has 1 amide bonds. The number of hydrogen-bond acceptors (Lipinski definition) is 3. The molecule has 0 radical (unpaired) electrons. The first-order valence-electron chi connectivity index (χ1n) is 8.89. The fraction of sp³-hybridized carbons (Fsp3) is 0.556. The van der Waals surface area contributed by atoms with Crippen LogP contribution in [0.1, 0.15) is 32.6 Å². The Morgan fingerprint density at radius 3 is 2.52 bits per heavy atom. The van der Waals surface area contributed by atoms with Gasteiger partial charge in [-0.2, -0.15) is 0 Å². The van der Waals surface area contributed by atoms with Crippen molar-refractivity contribution < 1.29 is 4.79 Å². The van der Waals surface area contributed by atoms with Gasteiger partial charge in [-0.25, -0.2) is 4.79 Å². The number of aromatic nitrogens is 2. The van der Waals surface area contributed by atoms with Crippen LogP contribution in [0.25, 0.3) is 11.0 Å². The molecule has 2 N–H and O–H groups in total. The van der Waals surface area contributed by atoms with E-state index in [1.165, 1.54) is 0 Å². The molecule has 138 valence electrons. The van der Waals surface area contributed by atoms with Gasteiger partial charge >= 0.3 is 5.69 Å². The minimum Gasteiger partial charge on any atom is -0.352 e. The smallest absolute Gasteiger partial charge is 0.329 e. The minimum absolute atomic E-state index is 0. The Morgan fingerprint density at radius 1 is 1.24 bits per heavy atom. The van der Waals surface area contributed by atoms with Gasteiger partial charge in [0.1, 0.15) is 0 Å². The SMILES string of the molecule is CCCn1c(=O)n(CCC(=O)N[C@H]2CCCNC2)c2ccccc21.Cl.